The van der Waals surface area contributed by atoms with E-state index in [1.54, 1.807) is 31.2 Å². The molecule has 2 rings (SSSR count). The molecule has 2 aromatic carbocycles. The second-order valence-corrected chi connectivity index (χ2v) is 6.12. The van der Waals surface area contributed by atoms with Gasteiger partial charge in [-0.25, -0.2) is 0 Å². The van der Waals surface area contributed by atoms with Crippen LogP contribution in [0.25, 0.3) is 0 Å². The van der Waals surface area contributed by atoms with Gasteiger partial charge >= 0.3 is 12.3 Å². The molecule has 5 nitrogen and oxygen atoms in total. The lowest BCUT2D eigenvalue weighted by Gasteiger charge is -2.16. The second-order valence-electron chi connectivity index (χ2n) is 5.71. The second kappa shape index (κ2) is 9.66. The lowest BCUT2D eigenvalue weighted by Crippen LogP contribution is -2.17. The third-order valence-corrected chi connectivity index (χ3v) is 3.92. The van der Waals surface area contributed by atoms with Crippen LogP contribution in [0.1, 0.15) is 30.6 Å². The molecule has 0 aromatic heterocycles. The van der Waals surface area contributed by atoms with Crippen molar-refractivity contribution in [3.63, 3.8) is 0 Å². The molecule has 1 unspecified atom stereocenters. The number of halogens is 4. The van der Waals surface area contributed by atoms with Crippen molar-refractivity contribution in [3.05, 3.63) is 58.6 Å². The molecule has 9 heteroatoms. The van der Waals surface area contributed by atoms with E-state index < -0.39 is 24.2 Å². The highest BCUT2D eigenvalue weighted by molar-refractivity contribution is 6.32. The molecule has 0 aliphatic carbocycles. The van der Waals surface area contributed by atoms with Crippen molar-refractivity contribution in [3.8, 4) is 11.5 Å². The molecular weight excluding hydrogens is 401 g/mol. The maximum atomic E-state index is 12.4. The van der Waals surface area contributed by atoms with Crippen LogP contribution in [0.4, 0.5) is 13.2 Å². The minimum Gasteiger partial charge on any atom is -0.489 e. The fraction of sp³-hybridized carbons (Fsp3) is 0.316. The number of rotatable bonds is 9. The first-order valence-electron chi connectivity index (χ1n) is 8.28. The first kappa shape index (κ1) is 21.8. The highest BCUT2D eigenvalue weighted by Crippen LogP contribution is 2.31. The number of hydrogen-bond donors (Lipinski definition) is 1. The Kier molecular flexibility index (Phi) is 7.53. The third kappa shape index (κ3) is 6.94. The quantitative estimate of drug-likeness (QED) is 0.593. The van der Waals surface area contributed by atoms with Crippen molar-refractivity contribution in [1.29, 1.82) is 0 Å². The van der Waals surface area contributed by atoms with Gasteiger partial charge in [0.2, 0.25) is 0 Å². The van der Waals surface area contributed by atoms with Gasteiger partial charge in [-0.05, 0) is 42.3 Å². The van der Waals surface area contributed by atoms with Crippen LogP contribution in [0.5, 0.6) is 11.5 Å². The highest BCUT2D eigenvalue weighted by Gasteiger charge is 2.32. The molecule has 0 aliphatic rings. The zero-order chi connectivity index (χ0) is 20.7. The molecular formula is C19H18ClF3O5. The van der Waals surface area contributed by atoms with Crippen molar-refractivity contribution in [2.45, 2.75) is 32.4 Å². The Morgan fingerprint density at radius 3 is 2.43 bits per heavy atom. The number of ether oxygens (including phenoxy) is 3. The molecule has 0 aliphatic heterocycles. The summed E-state index contributed by atoms with van der Waals surface area (Å²) in [6, 6.07) is 10.6. The van der Waals surface area contributed by atoms with E-state index in [1.165, 1.54) is 12.1 Å². The standard InChI is InChI=1S/C19H18ClF3O5/c1-2-26-16(10-18(24)25)13-4-6-14(7-5-13)27-11-12-3-8-15(20)17(9-12)28-19(21,22)23/h3-9,16H,2,10-11H2,1H3,(H,24,25). The summed E-state index contributed by atoms with van der Waals surface area (Å²) < 4.78 is 52.0. The number of benzene rings is 2. The Balaban J connectivity index is 2.03. The minimum absolute atomic E-state index is 0.00521. The van der Waals surface area contributed by atoms with E-state index in [2.05, 4.69) is 4.74 Å². The zero-order valence-corrected chi connectivity index (χ0v) is 15.6. The van der Waals surface area contributed by atoms with Crippen molar-refractivity contribution >= 4 is 17.6 Å². The summed E-state index contributed by atoms with van der Waals surface area (Å²) in [7, 11) is 0. The Hall–Kier alpha value is -2.45. The third-order valence-electron chi connectivity index (χ3n) is 3.61. The van der Waals surface area contributed by atoms with Crippen molar-refractivity contribution in [1.82, 2.24) is 0 Å². The average molecular weight is 419 g/mol. The van der Waals surface area contributed by atoms with Gasteiger partial charge in [0.1, 0.15) is 18.1 Å². The van der Waals surface area contributed by atoms with E-state index in [0.717, 1.165) is 6.07 Å². The Labute approximate surface area is 164 Å². The Morgan fingerprint density at radius 1 is 1.18 bits per heavy atom. The lowest BCUT2D eigenvalue weighted by atomic mass is 10.1. The van der Waals surface area contributed by atoms with Crippen LogP contribution in [0.15, 0.2) is 42.5 Å². The molecule has 0 radical (unpaired) electrons. The molecule has 0 fully saturated rings. The molecule has 0 saturated carbocycles. The molecule has 0 amide bonds. The maximum Gasteiger partial charge on any atom is 0.573 e. The van der Waals surface area contributed by atoms with E-state index in [9.17, 15) is 18.0 Å². The zero-order valence-electron chi connectivity index (χ0n) is 14.8. The van der Waals surface area contributed by atoms with Gasteiger partial charge in [-0.15, -0.1) is 13.2 Å². The Morgan fingerprint density at radius 2 is 1.86 bits per heavy atom. The molecule has 1 N–H and O–H groups in total. The summed E-state index contributed by atoms with van der Waals surface area (Å²) in [6.07, 6.45) is -5.58. The van der Waals surface area contributed by atoms with E-state index in [1.807, 2.05) is 0 Å². The van der Waals surface area contributed by atoms with Crippen LogP contribution in [-0.2, 0) is 16.1 Å². The Bertz CT molecular complexity index is 793. The van der Waals surface area contributed by atoms with Gasteiger partial charge in [-0.3, -0.25) is 4.79 Å². The van der Waals surface area contributed by atoms with E-state index in [0.29, 0.717) is 23.5 Å². The van der Waals surface area contributed by atoms with Crippen molar-refractivity contribution in [2.75, 3.05) is 6.61 Å². The first-order valence-corrected chi connectivity index (χ1v) is 8.66. The molecule has 1 atom stereocenters. The number of carbonyl (C=O) groups is 1. The molecule has 0 spiro atoms. The summed E-state index contributed by atoms with van der Waals surface area (Å²) in [5.41, 5.74) is 1.12. The molecule has 2 aromatic rings. The molecule has 0 saturated heterocycles. The van der Waals surface area contributed by atoms with Gasteiger partial charge in [0.25, 0.3) is 0 Å². The number of hydrogen-bond acceptors (Lipinski definition) is 4. The van der Waals surface area contributed by atoms with E-state index >= 15 is 0 Å². The van der Waals surface area contributed by atoms with Crippen LogP contribution in [0.3, 0.4) is 0 Å². The van der Waals surface area contributed by atoms with Gasteiger partial charge in [0.05, 0.1) is 17.5 Å². The van der Waals surface area contributed by atoms with Crippen LogP contribution in [0, 0.1) is 0 Å². The van der Waals surface area contributed by atoms with Crippen LogP contribution in [-0.4, -0.2) is 24.0 Å². The van der Waals surface area contributed by atoms with Gasteiger partial charge in [0.15, 0.2) is 0 Å². The predicted molar refractivity (Wildman–Crippen MR) is 95.5 cm³/mol. The fourth-order valence-electron chi connectivity index (χ4n) is 2.42. The van der Waals surface area contributed by atoms with Crippen LogP contribution in [0.2, 0.25) is 5.02 Å². The van der Waals surface area contributed by atoms with E-state index in [-0.39, 0.29) is 18.1 Å². The predicted octanol–water partition coefficient (Wildman–Crippen LogP) is 5.37. The van der Waals surface area contributed by atoms with E-state index in [4.69, 9.17) is 26.2 Å². The SMILES string of the molecule is CCOC(CC(=O)O)c1ccc(OCc2ccc(Cl)c(OC(F)(F)F)c2)cc1. The van der Waals surface area contributed by atoms with Gasteiger partial charge in [-0.1, -0.05) is 29.8 Å². The fourth-order valence-corrected chi connectivity index (χ4v) is 2.57. The van der Waals surface area contributed by atoms with Crippen LogP contribution >= 0.6 is 11.6 Å². The molecule has 0 heterocycles. The smallest absolute Gasteiger partial charge is 0.489 e. The largest absolute Gasteiger partial charge is 0.573 e. The normalized spacial score (nSPS) is 12.5. The van der Waals surface area contributed by atoms with Crippen LogP contribution < -0.4 is 9.47 Å². The number of carboxylic acids is 1. The first-order chi connectivity index (χ1) is 13.2. The van der Waals surface area contributed by atoms with Crippen molar-refractivity contribution in [2.24, 2.45) is 0 Å². The minimum atomic E-state index is -4.84. The van der Waals surface area contributed by atoms with Gasteiger partial charge in [0, 0.05) is 6.61 Å². The van der Waals surface area contributed by atoms with Gasteiger partial charge in [-0.2, -0.15) is 0 Å². The summed E-state index contributed by atoms with van der Waals surface area (Å²) in [5.74, 6) is -1.01. The molecule has 28 heavy (non-hydrogen) atoms. The average Bonchev–Trinajstić information content (AvgIpc) is 2.61. The number of carboxylic acid groups (broad SMARTS) is 1. The monoisotopic (exact) mass is 418 g/mol. The summed E-state index contributed by atoms with van der Waals surface area (Å²) in [5, 5.41) is 8.79. The summed E-state index contributed by atoms with van der Waals surface area (Å²) in [6.45, 7) is 2.14. The maximum absolute atomic E-state index is 12.4. The molecule has 0 bridgehead atoms. The number of alkyl halides is 3. The van der Waals surface area contributed by atoms with Crippen molar-refractivity contribution < 1.29 is 37.3 Å². The van der Waals surface area contributed by atoms with Gasteiger partial charge < -0.3 is 19.3 Å². The summed E-state index contributed by atoms with van der Waals surface area (Å²) in [4.78, 5) is 10.9. The highest BCUT2D eigenvalue weighted by atomic mass is 35.5. The molecule has 152 valence electrons. The summed E-state index contributed by atoms with van der Waals surface area (Å²) >= 11 is 5.71. The lowest BCUT2D eigenvalue weighted by molar-refractivity contribution is -0.274. The number of aliphatic carboxylic acids is 1. The topological polar surface area (TPSA) is 65.0 Å².